The Balaban J connectivity index is 2.04. The van der Waals surface area contributed by atoms with Gasteiger partial charge in [-0.2, -0.15) is 0 Å². The second kappa shape index (κ2) is 6.71. The number of rotatable bonds is 6. The fourth-order valence-electron chi connectivity index (χ4n) is 3.43. The van der Waals surface area contributed by atoms with E-state index >= 15 is 0 Å². The van der Waals surface area contributed by atoms with Gasteiger partial charge in [0.1, 0.15) is 5.82 Å². The molecule has 0 radical (unpaired) electrons. The van der Waals surface area contributed by atoms with Crippen molar-refractivity contribution in [3.63, 3.8) is 0 Å². The van der Waals surface area contributed by atoms with Gasteiger partial charge in [0, 0.05) is 6.54 Å². The van der Waals surface area contributed by atoms with Gasteiger partial charge in [0.25, 0.3) is 0 Å². The summed E-state index contributed by atoms with van der Waals surface area (Å²) in [6.45, 7) is 8.71. The van der Waals surface area contributed by atoms with E-state index in [1.807, 2.05) is 13.0 Å². The molecule has 0 atom stereocenters. The van der Waals surface area contributed by atoms with Gasteiger partial charge in [-0.05, 0) is 67.3 Å². The molecule has 0 heterocycles. The van der Waals surface area contributed by atoms with Crippen LogP contribution in [-0.2, 0) is 6.42 Å². The van der Waals surface area contributed by atoms with E-state index in [0.29, 0.717) is 11.3 Å². The highest BCUT2D eigenvalue weighted by Gasteiger charge is 2.33. The van der Waals surface area contributed by atoms with Crippen LogP contribution in [0.15, 0.2) is 18.2 Å². The Hall–Kier alpha value is -0.890. The lowest BCUT2D eigenvalue weighted by atomic mass is 9.79. The normalized spacial score (nSPS) is 17.9. The van der Waals surface area contributed by atoms with Gasteiger partial charge in [0.2, 0.25) is 0 Å². The van der Waals surface area contributed by atoms with Crippen LogP contribution in [-0.4, -0.2) is 13.1 Å². The molecule has 0 spiro atoms. The van der Waals surface area contributed by atoms with Gasteiger partial charge in [-0.3, -0.25) is 0 Å². The summed E-state index contributed by atoms with van der Waals surface area (Å²) in [6, 6.07) is 5.25. The van der Waals surface area contributed by atoms with Gasteiger partial charge in [0.05, 0.1) is 0 Å². The summed E-state index contributed by atoms with van der Waals surface area (Å²) in [5.41, 5.74) is 2.80. The van der Waals surface area contributed by atoms with Crippen LogP contribution in [0.2, 0.25) is 0 Å². The molecule has 0 aliphatic heterocycles. The van der Waals surface area contributed by atoms with Crippen molar-refractivity contribution in [3.05, 3.63) is 35.1 Å². The molecule has 1 aliphatic carbocycles. The van der Waals surface area contributed by atoms with Crippen LogP contribution in [0.1, 0.15) is 50.7 Å². The zero-order chi connectivity index (χ0) is 14.6. The van der Waals surface area contributed by atoms with Crippen LogP contribution in [0.3, 0.4) is 0 Å². The molecule has 0 saturated heterocycles. The second-order valence-electron chi connectivity index (χ2n) is 6.98. The van der Waals surface area contributed by atoms with Gasteiger partial charge < -0.3 is 5.32 Å². The lowest BCUT2D eigenvalue weighted by Gasteiger charge is -2.30. The highest BCUT2D eigenvalue weighted by atomic mass is 19.1. The first-order valence-corrected chi connectivity index (χ1v) is 7.96. The molecule has 1 aliphatic rings. The number of hydrogen-bond donors (Lipinski definition) is 1. The maximum absolute atomic E-state index is 13.2. The third-order valence-corrected chi connectivity index (χ3v) is 4.59. The van der Waals surface area contributed by atoms with E-state index in [-0.39, 0.29) is 5.82 Å². The first kappa shape index (κ1) is 15.5. The van der Waals surface area contributed by atoms with E-state index in [0.717, 1.165) is 25.1 Å². The van der Waals surface area contributed by atoms with E-state index in [1.54, 1.807) is 12.1 Å². The topological polar surface area (TPSA) is 12.0 Å². The van der Waals surface area contributed by atoms with Crippen molar-refractivity contribution in [2.24, 2.45) is 11.3 Å². The van der Waals surface area contributed by atoms with Gasteiger partial charge >= 0.3 is 0 Å². The highest BCUT2D eigenvalue weighted by molar-refractivity contribution is 5.28. The number of nitrogens with one attached hydrogen (secondary N) is 1. The van der Waals surface area contributed by atoms with Crippen LogP contribution in [0, 0.1) is 24.1 Å². The first-order valence-electron chi connectivity index (χ1n) is 7.96. The van der Waals surface area contributed by atoms with Crippen LogP contribution < -0.4 is 5.32 Å². The van der Waals surface area contributed by atoms with E-state index < -0.39 is 0 Å². The molecule has 0 aromatic heterocycles. The molecule has 1 aromatic rings. The summed E-state index contributed by atoms with van der Waals surface area (Å²) in [5, 5.41) is 3.64. The maximum atomic E-state index is 13.2. The Morgan fingerprint density at radius 3 is 2.55 bits per heavy atom. The zero-order valence-electron chi connectivity index (χ0n) is 13.1. The average molecular weight is 277 g/mol. The maximum Gasteiger partial charge on any atom is 0.123 e. The van der Waals surface area contributed by atoms with Crippen molar-refractivity contribution >= 4 is 0 Å². The Labute approximate surface area is 123 Å². The molecule has 112 valence electrons. The summed E-state index contributed by atoms with van der Waals surface area (Å²) >= 11 is 0. The highest BCUT2D eigenvalue weighted by Crippen LogP contribution is 2.41. The SMILES string of the molecule is Cc1cc(F)ccc1CC1(CNCC(C)C)CCCC1. The molecule has 2 rings (SSSR count). The Bertz CT molecular complexity index is 433. The first-order chi connectivity index (χ1) is 9.51. The quantitative estimate of drug-likeness (QED) is 0.808. The number of halogens is 1. The van der Waals surface area contributed by atoms with E-state index in [4.69, 9.17) is 0 Å². The van der Waals surface area contributed by atoms with E-state index in [2.05, 4.69) is 19.2 Å². The minimum absolute atomic E-state index is 0.121. The Morgan fingerprint density at radius 1 is 1.25 bits per heavy atom. The summed E-state index contributed by atoms with van der Waals surface area (Å²) in [4.78, 5) is 0. The molecular formula is C18H28FN. The summed E-state index contributed by atoms with van der Waals surface area (Å²) in [6.07, 6.45) is 6.36. The third kappa shape index (κ3) is 4.05. The van der Waals surface area contributed by atoms with Crippen molar-refractivity contribution < 1.29 is 4.39 Å². The molecule has 1 N–H and O–H groups in total. The van der Waals surface area contributed by atoms with Gasteiger partial charge in [0.15, 0.2) is 0 Å². The van der Waals surface area contributed by atoms with Crippen LogP contribution in [0.4, 0.5) is 4.39 Å². The molecule has 1 aromatic carbocycles. The van der Waals surface area contributed by atoms with Crippen LogP contribution in [0.5, 0.6) is 0 Å². The average Bonchev–Trinajstić information content (AvgIpc) is 2.81. The van der Waals surface area contributed by atoms with Crippen molar-refractivity contribution in [2.75, 3.05) is 13.1 Å². The van der Waals surface area contributed by atoms with Gasteiger partial charge in [-0.1, -0.05) is 32.8 Å². The zero-order valence-corrected chi connectivity index (χ0v) is 13.1. The van der Waals surface area contributed by atoms with E-state index in [9.17, 15) is 4.39 Å². The fourth-order valence-corrected chi connectivity index (χ4v) is 3.43. The van der Waals surface area contributed by atoms with Crippen LogP contribution in [0.25, 0.3) is 0 Å². The smallest absolute Gasteiger partial charge is 0.123 e. The molecule has 20 heavy (non-hydrogen) atoms. The van der Waals surface area contributed by atoms with Crippen molar-refractivity contribution in [3.8, 4) is 0 Å². The van der Waals surface area contributed by atoms with Crippen molar-refractivity contribution in [1.82, 2.24) is 5.32 Å². The van der Waals surface area contributed by atoms with Gasteiger partial charge in [-0.25, -0.2) is 4.39 Å². The number of aryl methyl sites for hydroxylation is 1. The fraction of sp³-hybridized carbons (Fsp3) is 0.667. The van der Waals surface area contributed by atoms with Crippen molar-refractivity contribution in [1.29, 1.82) is 0 Å². The lowest BCUT2D eigenvalue weighted by Crippen LogP contribution is -2.35. The predicted octanol–water partition coefficient (Wildman–Crippen LogP) is 4.48. The summed E-state index contributed by atoms with van der Waals surface area (Å²) in [7, 11) is 0. The summed E-state index contributed by atoms with van der Waals surface area (Å²) in [5.74, 6) is 0.575. The molecular weight excluding hydrogens is 249 g/mol. The van der Waals surface area contributed by atoms with Crippen LogP contribution >= 0.6 is 0 Å². The molecule has 2 heteroatoms. The molecule has 1 nitrogen and oxygen atoms in total. The number of hydrogen-bond acceptors (Lipinski definition) is 1. The van der Waals surface area contributed by atoms with Crippen molar-refractivity contribution in [2.45, 2.75) is 52.9 Å². The minimum atomic E-state index is -0.121. The third-order valence-electron chi connectivity index (χ3n) is 4.59. The minimum Gasteiger partial charge on any atom is -0.316 e. The standard InChI is InChI=1S/C18H28FN/c1-14(2)12-20-13-18(8-4-5-9-18)11-16-6-7-17(19)10-15(16)3/h6-7,10,14,20H,4-5,8-9,11-13H2,1-3H3. The Kier molecular flexibility index (Phi) is 5.20. The molecule has 0 unspecified atom stereocenters. The monoisotopic (exact) mass is 277 g/mol. The lowest BCUT2D eigenvalue weighted by molar-refractivity contribution is 0.272. The molecule has 0 amide bonds. The summed E-state index contributed by atoms with van der Waals surface area (Å²) < 4.78 is 13.2. The number of benzene rings is 1. The Morgan fingerprint density at radius 2 is 1.95 bits per heavy atom. The molecule has 1 fully saturated rings. The molecule has 1 saturated carbocycles. The van der Waals surface area contributed by atoms with E-state index in [1.165, 1.54) is 31.2 Å². The molecule has 0 bridgehead atoms. The predicted molar refractivity (Wildman–Crippen MR) is 83.4 cm³/mol. The largest absolute Gasteiger partial charge is 0.316 e. The second-order valence-corrected chi connectivity index (χ2v) is 6.98. The van der Waals surface area contributed by atoms with Gasteiger partial charge in [-0.15, -0.1) is 0 Å².